The predicted octanol–water partition coefficient (Wildman–Crippen LogP) is 1.21. The fraction of sp³-hybridized carbons (Fsp3) is 0.750. The molecule has 0 radical (unpaired) electrons. The molecule has 0 spiro atoms. The van der Waals surface area contributed by atoms with Gasteiger partial charge in [0, 0.05) is 32.4 Å². The van der Waals surface area contributed by atoms with Crippen LogP contribution in [-0.2, 0) is 18.2 Å². The Morgan fingerprint density at radius 1 is 1.50 bits per heavy atom. The van der Waals surface area contributed by atoms with Gasteiger partial charge in [-0.25, -0.2) is 0 Å². The van der Waals surface area contributed by atoms with Crippen molar-refractivity contribution in [1.29, 1.82) is 0 Å². The van der Waals surface area contributed by atoms with Crippen molar-refractivity contribution < 1.29 is 4.74 Å². The van der Waals surface area contributed by atoms with E-state index < -0.39 is 0 Å². The standard InChI is InChI=1S/C12H21N3O/c1-15-9-11(3-2-6-13)12(14-15)10-4-7-16-8-5-10/h9-10H,2-8,13H2,1H3. The van der Waals surface area contributed by atoms with E-state index in [0.717, 1.165) is 45.4 Å². The van der Waals surface area contributed by atoms with Gasteiger partial charge in [0.05, 0.1) is 5.69 Å². The zero-order valence-corrected chi connectivity index (χ0v) is 9.98. The van der Waals surface area contributed by atoms with E-state index in [4.69, 9.17) is 10.5 Å². The van der Waals surface area contributed by atoms with Gasteiger partial charge < -0.3 is 10.5 Å². The lowest BCUT2D eigenvalue weighted by molar-refractivity contribution is 0.0842. The summed E-state index contributed by atoms with van der Waals surface area (Å²) in [7, 11) is 1.99. The van der Waals surface area contributed by atoms with Crippen molar-refractivity contribution in [1.82, 2.24) is 9.78 Å². The summed E-state index contributed by atoms with van der Waals surface area (Å²) < 4.78 is 7.32. The number of nitrogens with two attached hydrogens (primary N) is 1. The largest absolute Gasteiger partial charge is 0.381 e. The number of nitrogens with zero attached hydrogens (tertiary/aromatic N) is 2. The minimum absolute atomic E-state index is 0.586. The van der Waals surface area contributed by atoms with E-state index in [1.165, 1.54) is 11.3 Å². The maximum atomic E-state index is 5.56. The molecular weight excluding hydrogens is 202 g/mol. The number of aryl methyl sites for hydroxylation is 2. The Morgan fingerprint density at radius 3 is 2.94 bits per heavy atom. The van der Waals surface area contributed by atoms with Crippen molar-refractivity contribution in [2.45, 2.75) is 31.6 Å². The van der Waals surface area contributed by atoms with Crippen molar-refractivity contribution in [3.05, 3.63) is 17.5 Å². The van der Waals surface area contributed by atoms with Crippen molar-refractivity contribution in [3.8, 4) is 0 Å². The van der Waals surface area contributed by atoms with Gasteiger partial charge in [-0.15, -0.1) is 0 Å². The highest BCUT2D eigenvalue weighted by molar-refractivity contribution is 5.21. The molecule has 2 rings (SSSR count). The Labute approximate surface area is 96.8 Å². The van der Waals surface area contributed by atoms with Crippen LogP contribution < -0.4 is 5.73 Å². The monoisotopic (exact) mass is 223 g/mol. The fourth-order valence-electron chi connectivity index (χ4n) is 2.35. The number of hydrogen-bond donors (Lipinski definition) is 1. The first-order valence-electron chi connectivity index (χ1n) is 6.11. The fourth-order valence-corrected chi connectivity index (χ4v) is 2.35. The normalized spacial score (nSPS) is 17.9. The second-order valence-electron chi connectivity index (χ2n) is 4.49. The van der Waals surface area contributed by atoms with Crippen LogP contribution >= 0.6 is 0 Å². The number of aromatic nitrogens is 2. The van der Waals surface area contributed by atoms with Gasteiger partial charge >= 0.3 is 0 Å². The van der Waals surface area contributed by atoms with Crippen LogP contribution in [-0.4, -0.2) is 29.5 Å². The van der Waals surface area contributed by atoms with E-state index in [0.29, 0.717) is 5.92 Å². The van der Waals surface area contributed by atoms with Crippen LogP contribution in [0.5, 0.6) is 0 Å². The van der Waals surface area contributed by atoms with Crippen LogP contribution in [0.25, 0.3) is 0 Å². The molecule has 90 valence electrons. The van der Waals surface area contributed by atoms with Crippen molar-refractivity contribution >= 4 is 0 Å². The smallest absolute Gasteiger partial charge is 0.0689 e. The van der Waals surface area contributed by atoms with Gasteiger partial charge in [-0.2, -0.15) is 5.10 Å². The Hall–Kier alpha value is -0.870. The van der Waals surface area contributed by atoms with Crippen LogP contribution in [0.15, 0.2) is 6.20 Å². The SMILES string of the molecule is Cn1cc(CCCN)c(C2CCOCC2)n1. The maximum Gasteiger partial charge on any atom is 0.0689 e. The summed E-state index contributed by atoms with van der Waals surface area (Å²) in [6, 6.07) is 0. The van der Waals surface area contributed by atoms with Gasteiger partial charge in [0.25, 0.3) is 0 Å². The Morgan fingerprint density at radius 2 is 2.25 bits per heavy atom. The van der Waals surface area contributed by atoms with Crippen molar-refractivity contribution in [2.24, 2.45) is 12.8 Å². The third kappa shape index (κ3) is 2.62. The molecule has 16 heavy (non-hydrogen) atoms. The summed E-state index contributed by atoms with van der Waals surface area (Å²) in [5, 5.41) is 4.61. The van der Waals surface area contributed by atoms with Gasteiger partial charge in [-0.05, 0) is 37.8 Å². The quantitative estimate of drug-likeness (QED) is 0.834. The zero-order chi connectivity index (χ0) is 11.4. The topological polar surface area (TPSA) is 53.1 Å². The second-order valence-corrected chi connectivity index (χ2v) is 4.49. The second kappa shape index (κ2) is 5.46. The summed E-state index contributed by atoms with van der Waals surface area (Å²) in [6.07, 6.45) is 6.44. The first kappa shape index (κ1) is 11.6. The molecule has 1 aliphatic rings. The van der Waals surface area contributed by atoms with Crippen LogP contribution in [0.3, 0.4) is 0 Å². The van der Waals surface area contributed by atoms with Crippen molar-refractivity contribution in [2.75, 3.05) is 19.8 Å². The Kier molecular flexibility index (Phi) is 3.96. The van der Waals surface area contributed by atoms with Crippen molar-refractivity contribution in [3.63, 3.8) is 0 Å². The minimum atomic E-state index is 0.586. The highest BCUT2D eigenvalue weighted by atomic mass is 16.5. The highest BCUT2D eigenvalue weighted by Crippen LogP contribution is 2.28. The summed E-state index contributed by atoms with van der Waals surface area (Å²) >= 11 is 0. The summed E-state index contributed by atoms with van der Waals surface area (Å²) in [6.45, 7) is 2.50. The lowest BCUT2D eigenvalue weighted by Gasteiger charge is -2.21. The van der Waals surface area contributed by atoms with Crippen LogP contribution in [0, 0.1) is 0 Å². The van der Waals surface area contributed by atoms with E-state index in [1.54, 1.807) is 0 Å². The van der Waals surface area contributed by atoms with E-state index >= 15 is 0 Å². The molecule has 0 unspecified atom stereocenters. The summed E-state index contributed by atoms with van der Waals surface area (Å²) in [5.74, 6) is 0.586. The predicted molar refractivity (Wildman–Crippen MR) is 63.4 cm³/mol. The average Bonchev–Trinajstić information content (AvgIpc) is 2.69. The molecule has 1 fully saturated rings. The lowest BCUT2D eigenvalue weighted by Crippen LogP contribution is -2.16. The Balaban J connectivity index is 2.10. The number of rotatable bonds is 4. The van der Waals surface area contributed by atoms with Gasteiger partial charge in [0.1, 0.15) is 0 Å². The zero-order valence-electron chi connectivity index (χ0n) is 9.98. The molecule has 1 aromatic heterocycles. The molecule has 4 nitrogen and oxygen atoms in total. The number of ether oxygens (including phenoxy) is 1. The van der Waals surface area contributed by atoms with E-state index in [2.05, 4.69) is 11.3 Å². The molecule has 4 heteroatoms. The van der Waals surface area contributed by atoms with E-state index in [9.17, 15) is 0 Å². The molecule has 0 saturated carbocycles. The minimum Gasteiger partial charge on any atom is -0.381 e. The van der Waals surface area contributed by atoms with Gasteiger partial charge in [0.2, 0.25) is 0 Å². The third-order valence-electron chi connectivity index (χ3n) is 3.20. The van der Waals surface area contributed by atoms with Crippen LogP contribution in [0.1, 0.15) is 36.4 Å². The Bertz CT molecular complexity index is 329. The maximum absolute atomic E-state index is 5.56. The molecule has 0 amide bonds. The van der Waals surface area contributed by atoms with Crippen LogP contribution in [0.4, 0.5) is 0 Å². The van der Waals surface area contributed by atoms with Crippen LogP contribution in [0.2, 0.25) is 0 Å². The van der Waals surface area contributed by atoms with Gasteiger partial charge in [-0.3, -0.25) is 4.68 Å². The number of hydrogen-bond acceptors (Lipinski definition) is 3. The molecule has 0 atom stereocenters. The molecule has 1 aliphatic heterocycles. The third-order valence-corrected chi connectivity index (χ3v) is 3.20. The van der Waals surface area contributed by atoms with E-state index in [1.807, 2.05) is 11.7 Å². The first-order valence-corrected chi connectivity index (χ1v) is 6.11. The molecular formula is C12H21N3O. The average molecular weight is 223 g/mol. The molecule has 0 aliphatic carbocycles. The summed E-state index contributed by atoms with van der Waals surface area (Å²) in [5.41, 5.74) is 8.22. The molecule has 2 heterocycles. The summed E-state index contributed by atoms with van der Waals surface area (Å²) in [4.78, 5) is 0. The molecule has 1 aromatic rings. The van der Waals surface area contributed by atoms with E-state index in [-0.39, 0.29) is 0 Å². The van der Waals surface area contributed by atoms with Gasteiger partial charge in [-0.1, -0.05) is 0 Å². The molecule has 1 saturated heterocycles. The molecule has 2 N–H and O–H groups in total. The van der Waals surface area contributed by atoms with Gasteiger partial charge in [0.15, 0.2) is 0 Å². The lowest BCUT2D eigenvalue weighted by atomic mass is 9.93. The molecule has 0 aromatic carbocycles. The highest BCUT2D eigenvalue weighted by Gasteiger charge is 2.21. The molecule has 0 bridgehead atoms. The first-order chi connectivity index (χ1) is 7.81.